The highest BCUT2D eigenvalue weighted by Gasteiger charge is 2.47. The molecule has 2 atom stereocenters. The van der Waals surface area contributed by atoms with Gasteiger partial charge in [-0.2, -0.15) is 0 Å². The first-order valence-corrected chi connectivity index (χ1v) is 11.6. The first-order valence-electron chi connectivity index (χ1n) is 9.47. The molecule has 28 heavy (non-hydrogen) atoms. The minimum absolute atomic E-state index is 0.00635. The van der Waals surface area contributed by atoms with E-state index in [1.807, 2.05) is 58.2 Å². The summed E-state index contributed by atoms with van der Waals surface area (Å²) in [4.78, 5) is 33.4. The Bertz CT molecular complexity index is 831. The Balaban J connectivity index is 2.05. The van der Waals surface area contributed by atoms with Crippen LogP contribution in [0.25, 0.3) is 0 Å². The highest BCUT2D eigenvalue weighted by atomic mass is 32.2. The summed E-state index contributed by atoms with van der Waals surface area (Å²) in [5.74, 6) is -0.155. The van der Waals surface area contributed by atoms with Crippen LogP contribution in [-0.2, 0) is 14.3 Å². The summed E-state index contributed by atoms with van der Waals surface area (Å²) in [5, 5.41) is 0.513. The summed E-state index contributed by atoms with van der Waals surface area (Å²) in [6, 6.07) is 7.50. The number of amides is 1. The number of fused-ring (bicyclic) bond motifs is 1. The van der Waals surface area contributed by atoms with Gasteiger partial charge in [-0.3, -0.25) is 9.69 Å². The summed E-state index contributed by atoms with van der Waals surface area (Å²) >= 11 is 3.14. The van der Waals surface area contributed by atoms with Crippen LogP contribution in [0.3, 0.4) is 0 Å². The molecule has 1 fully saturated rings. The largest absolute Gasteiger partial charge is 0.462 e. The molecule has 1 aromatic rings. The van der Waals surface area contributed by atoms with Crippen LogP contribution in [0.1, 0.15) is 45.7 Å². The number of hydrogen-bond acceptors (Lipinski definition) is 6. The maximum atomic E-state index is 13.1. The van der Waals surface area contributed by atoms with E-state index < -0.39 is 12.0 Å². The highest BCUT2D eigenvalue weighted by Crippen LogP contribution is 2.44. The first kappa shape index (κ1) is 21.0. The van der Waals surface area contributed by atoms with E-state index in [0.717, 1.165) is 16.9 Å². The minimum atomic E-state index is -0.500. The second-order valence-corrected chi connectivity index (χ2v) is 9.33. The number of ether oxygens (including phenoxy) is 1. The van der Waals surface area contributed by atoms with Gasteiger partial charge in [0.15, 0.2) is 5.17 Å². The van der Waals surface area contributed by atoms with E-state index in [9.17, 15) is 9.59 Å². The van der Waals surface area contributed by atoms with E-state index in [1.165, 1.54) is 11.8 Å². The SMILES string of the molecule is CCC1SC2=NC(C)=C(C(=O)OCC(C)C)C(c3ccc(SC)cc3)N2C1=O. The zero-order valence-electron chi connectivity index (χ0n) is 16.9. The quantitative estimate of drug-likeness (QED) is 0.497. The first-order chi connectivity index (χ1) is 13.4. The molecule has 5 nitrogen and oxygen atoms in total. The normalized spacial score (nSPS) is 21.9. The maximum absolute atomic E-state index is 13.1. The Kier molecular flexibility index (Phi) is 6.55. The lowest BCUT2D eigenvalue weighted by atomic mass is 9.94. The van der Waals surface area contributed by atoms with Gasteiger partial charge in [0.1, 0.15) is 0 Å². The molecule has 7 heteroatoms. The van der Waals surface area contributed by atoms with Gasteiger partial charge in [0.25, 0.3) is 0 Å². The van der Waals surface area contributed by atoms with Crippen molar-refractivity contribution in [1.29, 1.82) is 0 Å². The molecule has 1 aromatic carbocycles. The third-order valence-electron chi connectivity index (χ3n) is 4.72. The standard InChI is InChI=1S/C21H26N2O3S2/c1-6-16-19(24)23-18(14-7-9-15(27-5)10-8-14)17(13(4)22-21(23)28-16)20(25)26-11-12(2)3/h7-10,12,16,18H,6,11H2,1-5H3. The number of hydrogen-bond donors (Lipinski definition) is 0. The summed E-state index contributed by atoms with van der Waals surface area (Å²) in [6.07, 6.45) is 2.74. The average Bonchev–Trinajstić information content (AvgIpc) is 3.00. The zero-order valence-corrected chi connectivity index (χ0v) is 18.5. The number of rotatable bonds is 6. The van der Waals surface area contributed by atoms with Gasteiger partial charge in [-0.25, -0.2) is 9.79 Å². The molecule has 2 aliphatic heterocycles. The molecule has 2 unspecified atom stereocenters. The number of nitrogens with zero attached hydrogens (tertiary/aromatic N) is 2. The lowest BCUT2D eigenvalue weighted by Crippen LogP contribution is -2.40. The molecule has 0 saturated carbocycles. The molecule has 2 heterocycles. The molecule has 0 aliphatic carbocycles. The van der Waals surface area contributed by atoms with Crippen molar-refractivity contribution in [2.24, 2.45) is 10.9 Å². The fourth-order valence-corrected chi connectivity index (χ4v) is 4.81. The van der Waals surface area contributed by atoms with E-state index in [4.69, 9.17) is 4.74 Å². The highest BCUT2D eigenvalue weighted by molar-refractivity contribution is 8.15. The lowest BCUT2D eigenvalue weighted by molar-refractivity contribution is -0.141. The molecule has 0 aromatic heterocycles. The van der Waals surface area contributed by atoms with Gasteiger partial charge in [0, 0.05) is 4.90 Å². The Labute approximate surface area is 175 Å². The monoisotopic (exact) mass is 418 g/mol. The molecular weight excluding hydrogens is 392 g/mol. The maximum Gasteiger partial charge on any atom is 0.338 e. The predicted octanol–water partition coefficient (Wildman–Crippen LogP) is 4.65. The van der Waals surface area contributed by atoms with Crippen LogP contribution >= 0.6 is 23.5 Å². The van der Waals surface area contributed by atoms with Crippen molar-refractivity contribution in [3.05, 3.63) is 41.1 Å². The van der Waals surface area contributed by atoms with Crippen LogP contribution in [0.5, 0.6) is 0 Å². The van der Waals surface area contributed by atoms with Gasteiger partial charge < -0.3 is 4.74 Å². The van der Waals surface area contributed by atoms with Crippen LogP contribution in [-0.4, -0.2) is 40.1 Å². The lowest BCUT2D eigenvalue weighted by Gasteiger charge is -2.33. The number of carbonyl (C=O) groups excluding carboxylic acids is 2. The summed E-state index contributed by atoms with van der Waals surface area (Å²) in [6.45, 7) is 8.15. The molecule has 0 N–H and O–H groups in total. The van der Waals surface area contributed by atoms with Crippen LogP contribution in [0.2, 0.25) is 0 Å². The number of amidine groups is 1. The molecule has 0 bridgehead atoms. The predicted molar refractivity (Wildman–Crippen MR) is 115 cm³/mol. The van der Waals surface area contributed by atoms with Crippen molar-refractivity contribution < 1.29 is 14.3 Å². The van der Waals surface area contributed by atoms with Crippen molar-refractivity contribution in [3.63, 3.8) is 0 Å². The zero-order chi connectivity index (χ0) is 20.4. The smallest absolute Gasteiger partial charge is 0.338 e. The van der Waals surface area contributed by atoms with E-state index >= 15 is 0 Å². The minimum Gasteiger partial charge on any atom is -0.462 e. The Morgan fingerprint density at radius 1 is 1.32 bits per heavy atom. The number of aliphatic imine (C=N–C) groups is 1. The average molecular weight is 419 g/mol. The summed E-state index contributed by atoms with van der Waals surface area (Å²) in [7, 11) is 0. The molecule has 0 radical (unpaired) electrons. The van der Waals surface area contributed by atoms with Gasteiger partial charge in [-0.1, -0.05) is 44.7 Å². The fraction of sp³-hybridized carbons (Fsp3) is 0.476. The van der Waals surface area contributed by atoms with E-state index in [2.05, 4.69) is 4.99 Å². The van der Waals surface area contributed by atoms with E-state index in [1.54, 1.807) is 16.7 Å². The van der Waals surface area contributed by atoms with Crippen LogP contribution in [0, 0.1) is 5.92 Å². The topological polar surface area (TPSA) is 59.0 Å². The van der Waals surface area contributed by atoms with Crippen molar-refractivity contribution in [2.75, 3.05) is 12.9 Å². The van der Waals surface area contributed by atoms with Crippen LogP contribution in [0.15, 0.2) is 45.4 Å². The molecule has 1 saturated heterocycles. The molecule has 3 rings (SSSR count). The van der Waals surface area contributed by atoms with Crippen molar-refractivity contribution in [3.8, 4) is 0 Å². The second kappa shape index (κ2) is 8.74. The Morgan fingerprint density at radius 3 is 2.57 bits per heavy atom. The number of allylic oxidation sites excluding steroid dienone is 1. The van der Waals surface area contributed by atoms with E-state index in [-0.39, 0.29) is 17.1 Å². The third-order valence-corrected chi connectivity index (χ3v) is 6.78. The van der Waals surface area contributed by atoms with Gasteiger partial charge >= 0.3 is 5.97 Å². The molecule has 0 spiro atoms. The molecular formula is C21H26N2O3S2. The van der Waals surface area contributed by atoms with Gasteiger partial charge in [0.2, 0.25) is 5.91 Å². The summed E-state index contributed by atoms with van der Waals surface area (Å²) in [5.41, 5.74) is 1.97. The summed E-state index contributed by atoms with van der Waals surface area (Å²) < 4.78 is 5.53. The van der Waals surface area contributed by atoms with Crippen molar-refractivity contribution >= 4 is 40.6 Å². The fourth-order valence-electron chi connectivity index (χ4n) is 3.27. The van der Waals surface area contributed by atoms with Gasteiger partial charge in [-0.15, -0.1) is 11.8 Å². The Hall–Kier alpha value is -1.73. The molecule has 150 valence electrons. The van der Waals surface area contributed by atoms with Crippen molar-refractivity contribution in [1.82, 2.24) is 4.90 Å². The van der Waals surface area contributed by atoms with Crippen molar-refractivity contribution in [2.45, 2.75) is 50.3 Å². The molecule has 1 amide bonds. The van der Waals surface area contributed by atoms with Crippen LogP contribution < -0.4 is 0 Å². The Morgan fingerprint density at radius 2 is 2.00 bits per heavy atom. The number of esters is 1. The molecule has 2 aliphatic rings. The van der Waals surface area contributed by atoms with Crippen LogP contribution in [0.4, 0.5) is 0 Å². The number of carbonyl (C=O) groups is 2. The van der Waals surface area contributed by atoms with E-state index in [0.29, 0.717) is 23.0 Å². The number of thioether (sulfide) groups is 2. The number of benzene rings is 1. The van der Waals surface area contributed by atoms with Gasteiger partial charge in [-0.05, 0) is 43.2 Å². The van der Waals surface area contributed by atoms with Gasteiger partial charge in [0.05, 0.1) is 29.2 Å². The third kappa shape index (κ3) is 4.01. The second-order valence-electron chi connectivity index (χ2n) is 7.28.